The third kappa shape index (κ3) is 5.11. The predicted octanol–water partition coefficient (Wildman–Crippen LogP) is 2.51. The number of nitrogens with two attached hydrogens (primary N) is 1. The van der Waals surface area contributed by atoms with E-state index in [-0.39, 0.29) is 23.9 Å². The van der Waals surface area contributed by atoms with E-state index in [0.717, 1.165) is 5.56 Å². The van der Waals surface area contributed by atoms with Crippen molar-refractivity contribution in [1.29, 1.82) is 0 Å². The fourth-order valence-corrected chi connectivity index (χ4v) is 2.69. The highest BCUT2D eigenvalue weighted by atomic mass is 16.2. The van der Waals surface area contributed by atoms with Gasteiger partial charge in [-0.15, -0.1) is 0 Å². The summed E-state index contributed by atoms with van der Waals surface area (Å²) in [6.07, 6.45) is 0. The molecule has 0 saturated carbocycles. The lowest BCUT2D eigenvalue weighted by Crippen LogP contribution is -2.48. The molecule has 0 saturated heterocycles. The molecule has 124 valence electrons. The van der Waals surface area contributed by atoms with Gasteiger partial charge in [0, 0.05) is 12.6 Å². The monoisotopic (exact) mass is 305 g/mol. The van der Waals surface area contributed by atoms with Crippen molar-refractivity contribution in [2.24, 2.45) is 11.7 Å². The molecule has 0 radical (unpaired) electrons. The first-order valence-corrected chi connectivity index (χ1v) is 8.03. The molecule has 0 aliphatic heterocycles. The van der Waals surface area contributed by atoms with E-state index in [1.165, 1.54) is 5.56 Å². The number of carbonyl (C=O) groups excluding carboxylic acids is 1. The lowest BCUT2D eigenvalue weighted by atomic mass is 9.99. The van der Waals surface area contributed by atoms with Crippen LogP contribution in [-0.4, -0.2) is 37.5 Å². The smallest absolute Gasteiger partial charge is 0.237 e. The largest absolute Gasteiger partial charge is 0.353 e. The number of nitrogens with zero attached hydrogens (tertiary/aromatic N) is 1. The van der Waals surface area contributed by atoms with Crippen LogP contribution in [-0.2, 0) is 4.79 Å². The summed E-state index contributed by atoms with van der Waals surface area (Å²) in [5.41, 5.74) is 8.54. The molecule has 4 nitrogen and oxygen atoms in total. The van der Waals surface area contributed by atoms with Crippen LogP contribution in [0.4, 0.5) is 0 Å². The van der Waals surface area contributed by atoms with Crippen molar-refractivity contribution >= 4 is 5.91 Å². The molecule has 22 heavy (non-hydrogen) atoms. The van der Waals surface area contributed by atoms with E-state index in [0.29, 0.717) is 12.5 Å². The van der Waals surface area contributed by atoms with Crippen molar-refractivity contribution in [2.75, 3.05) is 20.6 Å². The molecular weight excluding hydrogens is 274 g/mol. The molecule has 1 rings (SSSR count). The van der Waals surface area contributed by atoms with E-state index in [1.807, 2.05) is 19.0 Å². The summed E-state index contributed by atoms with van der Waals surface area (Å²) >= 11 is 0. The topological polar surface area (TPSA) is 58.4 Å². The Balaban J connectivity index is 2.61. The Hall–Kier alpha value is -1.39. The molecule has 2 atom stereocenters. The van der Waals surface area contributed by atoms with E-state index in [9.17, 15) is 4.79 Å². The van der Waals surface area contributed by atoms with Gasteiger partial charge in [0.15, 0.2) is 0 Å². The zero-order chi connectivity index (χ0) is 16.9. The third-order valence-electron chi connectivity index (χ3n) is 3.98. The van der Waals surface area contributed by atoms with E-state index in [4.69, 9.17) is 5.73 Å². The minimum absolute atomic E-state index is 0.0363. The Morgan fingerprint density at radius 2 is 1.59 bits per heavy atom. The standard InChI is InChI=1S/C18H31N3O/c1-12(2)14-7-9-15(10-8-14)16(19)11-20-18(22)17(13(3)4)21(5)6/h7-10,12-13,16-17H,11,19H2,1-6H3,(H,20,22). The van der Waals surface area contributed by atoms with Crippen LogP contribution >= 0.6 is 0 Å². The van der Waals surface area contributed by atoms with Crippen LogP contribution in [0.15, 0.2) is 24.3 Å². The number of hydrogen-bond acceptors (Lipinski definition) is 3. The fraction of sp³-hybridized carbons (Fsp3) is 0.611. The van der Waals surface area contributed by atoms with E-state index >= 15 is 0 Å². The third-order valence-corrected chi connectivity index (χ3v) is 3.98. The first-order chi connectivity index (χ1) is 10.2. The maximum absolute atomic E-state index is 12.3. The Morgan fingerprint density at radius 3 is 2.00 bits per heavy atom. The Kier molecular flexibility index (Phi) is 7.04. The summed E-state index contributed by atoms with van der Waals surface area (Å²) in [4.78, 5) is 14.2. The molecule has 1 aromatic carbocycles. The molecule has 0 spiro atoms. The summed E-state index contributed by atoms with van der Waals surface area (Å²) in [7, 11) is 3.85. The second kappa shape index (κ2) is 8.30. The molecule has 0 aromatic heterocycles. The van der Waals surface area contributed by atoms with Crippen molar-refractivity contribution in [3.8, 4) is 0 Å². The van der Waals surface area contributed by atoms with Gasteiger partial charge in [0.25, 0.3) is 0 Å². The van der Waals surface area contributed by atoms with Crippen molar-refractivity contribution in [3.63, 3.8) is 0 Å². The van der Waals surface area contributed by atoms with Crippen molar-refractivity contribution in [1.82, 2.24) is 10.2 Å². The number of carbonyl (C=O) groups is 1. The summed E-state index contributed by atoms with van der Waals surface area (Å²) in [6, 6.07) is 8.02. The van der Waals surface area contributed by atoms with Gasteiger partial charge in [-0.3, -0.25) is 9.69 Å². The quantitative estimate of drug-likeness (QED) is 0.814. The van der Waals surface area contributed by atoms with Crippen molar-refractivity contribution in [2.45, 2.75) is 45.7 Å². The molecular formula is C18H31N3O. The summed E-state index contributed by atoms with van der Waals surface area (Å²) < 4.78 is 0. The minimum Gasteiger partial charge on any atom is -0.353 e. The molecule has 4 heteroatoms. The van der Waals surface area contributed by atoms with E-state index in [1.54, 1.807) is 0 Å². The average molecular weight is 305 g/mol. The van der Waals surface area contributed by atoms with Gasteiger partial charge >= 0.3 is 0 Å². The lowest BCUT2D eigenvalue weighted by Gasteiger charge is -2.27. The molecule has 0 aliphatic carbocycles. The maximum atomic E-state index is 12.3. The minimum atomic E-state index is -0.180. The number of nitrogens with one attached hydrogen (secondary N) is 1. The molecule has 0 heterocycles. The highest BCUT2D eigenvalue weighted by Gasteiger charge is 2.24. The summed E-state index contributed by atoms with van der Waals surface area (Å²) in [5.74, 6) is 0.808. The average Bonchev–Trinajstić information content (AvgIpc) is 2.44. The number of rotatable bonds is 7. The van der Waals surface area contributed by atoms with Gasteiger partial charge in [0.05, 0.1) is 6.04 Å². The van der Waals surface area contributed by atoms with Crippen LogP contribution in [0, 0.1) is 5.92 Å². The SMILES string of the molecule is CC(C)c1ccc(C(N)CNC(=O)C(C(C)C)N(C)C)cc1. The normalized spacial score (nSPS) is 14.5. The summed E-state index contributed by atoms with van der Waals surface area (Å²) in [6.45, 7) is 8.89. The number of amides is 1. The Labute approximate surface area is 135 Å². The van der Waals surface area contributed by atoms with Crippen LogP contribution in [0.2, 0.25) is 0 Å². The van der Waals surface area contributed by atoms with Gasteiger partial charge in [0.1, 0.15) is 0 Å². The second-order valence-corrected chi connectivity index (χ2v) is 6.83. The lowest BCUT2D eigenvalue weighted by molar-refractivity contribution is -0.127. The molecule has 1 aromatic rings. The molecule has 0 bridgehead atoms. The molecule has 1 amide bonds. The van der Waals surface area contributed by atoms with Gasteiger partial charge in [-0.05, 0) is 37.1 Å². The second-order valence-electron chi connectivity index (χ2n) is 6.83. The zero-order valence-electron chi connectivity index (χ0n) is 14.8. The van der Waals surface area contributed by atoms with E-state index < -0.39 is 0 Å². The first-order valence-electron chi connectivity index (χ1n) is 8.03. The van der Waals surface area contributed by atoms with Gasteiger partial charge in [-0.25, -0.2) is 0 Å². The molecule has 0 aliphatic rings. The molecule has 3 N–H and O–H groups in total. The van der Waals surface area contributed by atoms with Gasteiger partial charge in [-0.2, -0.15) is 0 Å². The van der Waals surface area contributed by atoms with Crippen LogP contribution < -0.4 is 11.1 Å². The van der Waals surface area contributed by atoms with Gasteiger partial charge in [-0.1, -0.05) is 52.0 Å². The molecule has 0 fully saturated rings. The van der Waals surface area contributed by atoms with Crippen LogP contribution in [0.5, 0.6) is 0 Å². The number of benzene rings is 1. The van der Waals surface area contributed by atoms with Crippen LogP contribution in [0.1, 0.15) is 50.8 Å². The van der Waals surface area contributed by atoms with E-state index in [2.05, 4.69) is 57.3 Å². The predicted molar refractivity (Wildman–Crippen MR) is 92.8 cm³/mol. The highest BCUT2D eigenvalue weighted by Crippen LogP contribution is 2.17. The van der Waals surface area contributed by atoms with Crippen molar-refractivity contribution < 1.29 is 4.79 Å². The molecule has 2 unspecified atom stereocenters. The summed E-state index contributed by atoms with van der Waals surface area (Å²) in [5, 5.41) is 2.98. The first kappa shape index (κ1) is 18.7. The fourth-order valence-electron chi connectivity index (χ4n) is 2.69. The van der Waals surface area contributed by atoms with Gasteiger partial charge < -0.3 is 11.1 Å². The van der Waals surface area contributed by atoms with Crippen LogP contribution in [0.3, 0.4) is 0 Å². The van der Waals surface area contributed by atoms with Gasteiger partial charge in [0.2, 0.25) is 5.91 Å². The Morgan fingerprint density at radius 1 is 1.09 bits per heavy atom. The Bertz CT molecular complexity index is 458. The maximum Gasteiger partial charge on any atom is 0.237 e. The number of hydrogen-bond donors (Lipinski definition) is 2. The number of likely N-dealkylation sites (N-methyl/N-ethyl adjacent to an activating group) is 1. The zero-order valence-corrected chi connectivity index (χ0v) is 14.8. The van der Waals surface area contributed by atoms with Crippen LogP contribution in [0.25, 0.3) is 0 Å². The van der Waals surface area contributed by atoms with Crippen molar-refractivity contribution in [3.05, 3.63) is 35.4 Å². The highest BCUT2D eigenvalue weighted by molar-refractivity contribution is 5.82.